The molecule has 0 amide bonds. The largest absolute Gasteiger partial charge is 0.369 e. The molecule has 148 valence electrons. The minimum atomic E-state index is -0.117. The first-order valence-electron chi connectivity index (χ1n) is 10.6. The van der Waals surface area contributed by atoms with E-state index in [1.165, 1.54) is 18.5 Å². The summed E-state index contributed by atoms with van der Waals surface area (Å²) in [7, 11) is 0. The number of benzene rings is 1. The average molecular weight is 381 g/mol. The van der Waals surface area contributed by atoms with Crippen molar-refractivity contribution in [3.63, 3.8) is 0 Å². The van der Waals surface area contributed by atoms with Gasteiger partial charge in [0.05, 0.1) is 5.69 Å². The van der Waals surface area contributed by atoms with Gasteiger partial charge in [0.15, 0.2) is 0 Å². The molecule has 1 unspecified atom stereocenters. The molecule has 3 fully saturated rings. The van der Waals surface area contributed by atoms with Gasteiger partial charge in [-0.1, -0.05) is 12.1 Å². The maximum absolute atomic E-state index is 14.0. The lowest BCUT2D eigenvalue weighted by atomic mass is 10.0. The molecule has 0 radical (unpaired) electrons. The van der Waals surface area contributed by atoms with Gasteiger partial charge in [-0.3, -0.25) is 0 Å². The zero-order valence-electron chi connectivity index (χ0n) is 16.2. The van der Waals surface area contributed by atoms with Crippen molar-refractivity contribution in [3.05, 3.63) is 48.0 Å². The van der Waals surface area contributed by atoms with Crippen molar-refractivity contribution in [1.29, 1.82) is 0 Å². The molecule has 1 aliphatic carbocycles. The molecule has 3 aliphatic rings. The highest BCUT2D eigenvalue weighted by Crippen LogP contribution is 2.39. The summed E-state index contributed by atoms with van der Waals surface area (Å²) in [6, 6.07) is 10.2. The SMILES string of the molecule is Fc1ccccc1N1CCC(NC2CCN(c3nccc(C4CC4)n3)C2)CC1. The van der Waals surface area contributed by atoms with Crippen LogP contribution in [-0.2, 0) is 0 Å². The second-order valence-electron chi connectivity index (χ2n) is 8.37. The Morgan fingerprint density at radius 2 is 1.64 bits per heavy atom. The van der Waals surface area contributed by atoms with Crippen molar-refractivity contribution >= 4 is 11.6 Å². The predicted octanol–water partition coefficient (Wildman–Crippen LogP) is 3.33. The summed E-state index contributed by atoms with van der Waals surface area (Å²) in [5.74, 6) is 1.44. The van der Waals surface area contributed by atoms with Gasteiger partial charge in [-0.05, 0) is 50.3 Å². The van der Waals surface area contributed by atoms with E-state index in [2.05, 4.69) is 26.2 Å². The van der Waals surface area contributed by atoms with Gasteiger partial charge in [0.25, 0.3) is 0 Å². The fourth-order valence-corrected chi connectivity index (χ4v) is 4.53. The van der Waals surface area contributed by atoms with E-state index in [9.17, 15) is 4.39 Å². The minimum Gasteiger partial charge on any atom is -0.369 e. The Morgan fingerprint density at radius 3 is 2.43 bits per heavy atom. The van der Waals surface area contributed by atoms with E-state index >= 15 is 0 Å². The highest BCUT2D eigenvalue weighted by atomic mass is 19.1. The third-order valence-electron chi connectivity index (χ3n) is 6.29. The van der Waals surface area contributed by atoms with Gasteiger partial charge in [0, 0.05) is 56.1 Å². The van der Waals surface area contributed by atoms with Crippen LogP contribution in [0.4, 0.5) is 16.0 Å². The molecule has 28 heavy (non-hydrogen) atoms. The number of hydrogen-bond acceptors (Lipinski definition) is 5. The van der Waals surface area contributed by atoms with Crippen molar-refractivity contribution in [2.24, 2.45) is 0 Å². The standard InChI is InChI=1S/C22H28FN5/c23-19-3-1-2-4-21(19)27-12-8-17(9-13-27)25-18-10-14-28(15-18)22-24-11-7-20(26-22)16-5-6-16/h1-4,7,11,16-18,25H,5-6,8-10,12-15H2. The molecule has 6 heteroatoms. The van der Waals surface area contributed by atoms with Gasteiger partial charge in [0.1, 0.15) is 5.82 Å². The fourth-order valence-electron chi connectivity index (χ4n) is 4.53. The first kappa shape index (κ1) is 17.9. The Kier molecular flexibility index (Phi) is 4.89. The van der Waals surface area contributed by atoms with Crippen molar-refractivity contribution in [1.82, 2.24) is 15.3 Å². The van der Waals surface area contributed by atoms with Gasteiger partial charge >= 0.3 is 0 Å². The number of anilines is 2. The molecule has 2 aliphatic heterocycles. The average Bonchev–Trinajstić information content (AvgIpc) is 3.48. The van der Waals surface area contributed by atoms with Crippen molar-refractivity contribution in [2.45, 2.75) is 50.1 Å². The lowest BCUT2D eigenvalue weighted by Gasteiger charge is -2.35. The molecule has 3 heterocycles. The maximum atomic E-state index is 14.0. The molecule has 1 aromatic carbocycles. The van der Waals surface area contributed by atoms with Crippen LogP contribution in [0.2, 0.25) is 0 Å². The number of halogens is 1. The Hall–Kier alpha value is -2.21. The van der Waals surface area contributed by atoms with Crippen LogP contribution in [0, 0.1) is 5.82 Å². The molecule has 1 saturated carbocycles. The summed E-state index contributed by atoms with van der Waals surface area (Å²) >= 11 is 0. The summed E-state index contributed by atoms with van der Waals surface area (Å²) in [6.45, 7) is 3.80. The van der Waals surface area contributed by atoms with E-state index in [0.717, 1.165) is 57.1 Å². The molecule has 1 atom stereocenters. The van der Waals surface area contributed by atoms with Crippen LogP contribution >= 0.6 is 0 Å². The number of nitrogens with zero attached hydrogens (tertiary/aromatic N) is 4. The number of aromatic nitrogens is 2. The van der Waals surface area contributed by atoms with Crippen LogP contribution in [0.25, 0.3) is 0 Å². The van der Waals surface area contributed by atoms with Crippen molar-refractivity contribution in [2.75, 3.05) is 36.0 Å². The highest BCUT2D eigenvalue weighted by Gasteiger charge is 2.30. The maximum Gasteiger partial charge on any atom is 0.225 e. The topological polar surface area (TPSA) is 44.3 Å². The summed E-state index contributed by atoms with van der Waals surface area (Å²) in [4.78, 5) is 13.8. The summed E-state index contributed by atoms with van der Waals surface area (Å²) < 4.78 is 14.0. The van der Waals surface area contributed by atoms with Crippen LogP contribution < -0.4 is 15.1 Å². The molecule has 2 aromatic rings. The normalized spacial score (nSPS) is 23.4. The number of nitrogens with one attached hydrogen (secondary N) is 1. The fraction of sp³-hybridized carbons (Fsp3) is 0.545. The van der Waals surface area contributed by atoms with E-state index in [-0.39, 0.29) is 5.82 Å². The summed E-state index contributed by atoms with van der Waals surface area (Å²) in [6.07, 6.45) is 7.69. The van der Waals surface area contributed by atoms with Gasteiger partial charge in [-0.25, -0.2) is 14.4 Å². The van der Waals surface area contributed by atoms with Crippen molar-refractivity contribution < 1.29 is 4.39 Å². The third-order valence-corrected chi connectivity index (χ3v) is 6.29. The minimum absolute atomic E-state index is 0.117. The van der Waals surface area contributed by atoms with E-state index in [4.69, 9.17) is 4.98 Å². The lowest BCUT2D eigenvalue weighted by molar-refractivity contribution is 0.375. The second kappa shape index (κ2) is 7.66. The van der Waals surface area contributed by atoms with Crippen molar-refractivity contribution in [3.8, 4) is 0 Å². The first-order valence-corrected chi connectivity index (χ1v) is 10.6. The smallest absolute Gasteiger partial charge is 0.225 e. The van der Waals surface area contributed by atoms with E-state index < -0.39 is 0 Å². The number of para-hydroxylation sites is 1. The summed E-state index contributed by atoms with van der Waals surface area (Å²) in [5.41, 5.74) is 1.95. The number of rotatable bonds is 5. The van der Waals surface area contributed by atoms with Crippen LogP contribution in [0.5, 0.6) is 0 Å². The predicted molar refractivity (Wildman–Crippen MR) is 109 cm³/mol. The molecule has 1 aromatic heterocycles. The lowest BCUT2D eigenvalue weighted by Crippen LogP contribution is -2.47. The number of piperidine rings is 1. The van der Waals surface area contributed by atoms with Gasteiger partial charge in [-0.2, -0.15) is 0 Å². The van der Waals surface area contributed by atoms with E-state index in [0.29, 0.717) is 18.0 Å². The second-order valence-corrected chi connectivity index (χ2v) is 8.37. The van der Waals surface area contributed by atoms with E-state index in [1.54, 1.807) is 12.1 Å². The number of hydrogen-bond donors (Lipinski definition) is 1. The molecule has 2 saturated heterocycles. The zero-order valence-corrected chi connectivity index (χ0v) is 16.2. The molecule has 5 rings (SSSR count). The Balaban J connectivity index is 1.13. The zero-order chi connectivity index (χ0) is 18.9. The quantitative estimate of drug-likeness (QED) is 0.861. The molecule has 0 spiro atoms. The first-order chi connectivity index (χ1) is 13.8. The van der Waals surface area contributed by atoms with Gasteiger partial charge in [0.2, 0.25) is 5.95 Å². The van der Waals surface area contributed by atoms with E-state index in [1.807, 2.05) is 18.3 Å². The Morgan fingerprint density at radius 1 is 0.893 bits per heavy atom. The van der Waals surface area contributed by atoms with Crippen LogP contribution in [0.15, 0.2) is 36.5 Å². The van der Waals surface area contributed by atoms with Gasteiger partial charge in [-0.15, -0.1) is 0 Å². The Bertz CT molecular complexity index is 816. The summed E-state index contributed by atoms with van der Waals surface area (Å²) in [5, 5.41) is 3.84. The van der Waals surface area contributed by atoms with Crippen LogP contribution in [0.3, 0.4) is 0 Å². The van der Waals surface area contributed by atoms with Gasteiger partial charge < -0.3 is 15.1 Å². The molecular formula is C22H28FN5. The monoisotopic (exact) mass is 381 g/mol. The van der Waals surface area contributed by atoms with Crippen LogP contribution in [-0.4, -0.2) is 48.2 Å². The molecule has 1 N–H and O–H groups in total. The third kappa shape index (κ3) is 3.83. The molecular weight excluding hydrogens is 353 g/mol. The van der Waals surface area contributed by atoms with Crippen LogP contribution in [0.1, 0.15) is 43.7 Å². The Labute approximate surface area is 166 Å². The molecule has 5 nitrogen and oxygen atoms in total. The molecule has 0 bridgehead atoms. The highest BCUT2D eigenvalue weighted by molar-refractivity contribution is 5.48.